The highest BCUT2D eigenvalue weighted by atomic mass is 35.5. The van der Waals surface area contributed by atoms with Crippen LogP contribution in [0.15, 0.2) is 54.6 Å². The predicted molar refractivity (Wildman–Crippen MR) is 74.1 cm³/mol. The van der Waals surface area contributed by atoms with Gasteiger partial charge in [-0.15, -0.1) is 0 Å². The van der Waals surface area contributed by atoms with Gasteiger partial charge in [-0.1, -0.05) is 35.9 Å². The molecule has 2 nitrogen and oxygen atoms in total. The van der Waals surface area contributed by atoms with Crippen LogP contribution in [0.1, 0.15) is 5.69 Å². The molecule has 0 aliphatic heterocycles. The van der Waals surface area contributed by atoms with Crippen molar-refractivity contribution in [2.75, 3.05) is 0 Å². The first kappa shape index (κ1) is 11.2. The largest absolute Gasteiger partial charge is 0.487 e. The summed E-state index contributed by atoms with van der Waals surface area (Å²) in [4.78, 5) is 3.30. The number of aromatic nitrogens is 1. The quantitative estimate of drug-likeness (QED) is 0.739. The number of aromatic amines is 1. The molecule has 0 unspecified atom stereocenters. The second kappa shape index (κ2) is 4.75. The van der Waals surface area contributed by atoms with E-state index in [4.69, 9.17) is 16.3 Å². The van der Waals surface area contributed by atoms with Crippen LogP contribution in [0, 0.1) is 0 Å². The molecule has 1 heterocycles. The molecule has 3 aromatic rings. The van der Waals surface area contributed by atoms with E-state index in [0.717, 1.165) is 27.4 Å². The second-order valence-electron chi connectivity index (χ2n) is 4.10. The zero-order valence-electron chi connectivity index (χ0n) is 9.69. The number of H-pyrrole nitrogens is 1. The van der Waals surface area contributed by atoms with Crippen LogP contribution in [0.5, 0.6) is 5.75 Å². The Balaban J connectivity index is 1.81. The van der Waals surface area contributed by atoms with E-state index in [1.165, 1.54) is 0 Å². The maximum atomic E-state index is 6.13. The van der Waals surface area contributed by atoms with Crippen LogP contribution in [0.3, 0.4) is 0 Å². The van der Waals surface area contributed by atoms with Crippen LogP contribution in [-0.2, 0) is 6.61 Å². The molecule has 90 valence electrons. The molecule has 1 N–H and O–H groups in total. The van der Waals surface area contributed by atoms with Crippen molar-refractivity contribution in [3.8, 4) is 5.75 Å². The Kier molecular flexibility index (Phi) is 2.95. The lowest BCUT2D eigenvalue weighted by Crippen LogP contribution is -1.94. The van der Waals surface area contributed by atoms with E-state index in [-0.39, 0.29) is 0 Å². The van der Waals surface area contributed by atoms with Crippen molar-refractivity contribution in [2.45, 2.75) is 6.61 Å². The predicted octanol–water partition coefficient (Wildman–Crippen LogP) is 4.40. The van der Waals surface area contributed by atoms with Crippen molar-refractivity contribution >= 4 is 22.5 Å². The topological polar surface area (TPSA) is 25.0 Å². The number of ether oxygens (including phenoxy) is 1. The molecular formula is C15H12ClNO. The summed E-state index contributed by atoms with van der Waals surface area (Å²) in [5.41, 5.74) is 2.05. The molecule has 0 spiro atoms. The van der Waals surface area contributed by atoms with Gasteiger partial charge in [-0.25, -0.2) is 0 Å². The van der Waals surface area contributed by atoms with E-state index >= 15 is 0 Å². The third kappa shape index (κ3) is 2.20. The maximum Gasteiger partial charge on any atom is 0.128 e. The van der Waals surface area contributed by atoms with Crippen LogP contribution >= 0.6 is 11.6 Å². The van der Waals surface area contributed by atoms with Gasteiger partial charge in [-0.3, -0.25) is 0 Å². The number of halogens is 1. The van der Waals surface area contributed by atoms with Gasteiger partial charge in [0.05, 0.1) is 5.69 Å². The molecule has 0 aliphatic rings. The van der Waals surface area contributed by atoms with E-state index in [2.05, 4.69) is 4.98 Å². The highest BCUT2D eigenvalue weighted by molar-refractivity contribution is 6.35. The number of fused-ring (bicyclic) bond motifs is 1. The van der Waals surface area contributed by atoms with Crippen molar-refractivity contribution in [3.05, 3.63) is 65.3 Å². The summed E-state index contributed by atoms with van der Waals surface area (Å²) in [5, 5.41) is 1.79. The molecule has 0 aliphatic carbocycles. The van der Waals surface area contributed by atoms with Gasteiger partial charge in [-0.05, 0) is 30.3 Å². The highest BCUT2D eigenvalue weighted by Crippen LogP contribution is 2.24. The van der Waals surface area contributed by atoms with Crippen molar-refractivity contribution in [1.82, 2.24) is 4.98 Å². The first-order chi connectivity index (χ1) is 8.83. The van der Waals surface area contributed by atoms with Gasteiger partial charge < -0.3 is 9.72 Å². The smallest absolute Gasteiger partial charge is 0.128 e. The summed E-state index contributed by atoms with van der Waals surface area (Å²) >= 11 is 6.13. The Labute approximate surface area is 110 Å². The normalized spacial score (nSPS) is 10.7. The maximum absolute atomic E-state index is 6.13. The number of hydrogen-bond donors (Lipinski definition) is 1. The van der Waals surface area contributed by atoms with Gasteiger partial charge in [0, 0.05) is 15.9 Å². The van der Waals surface area contributed by atoms with Crippen molar-refractivity contribution in [2.24, 2.45) is 0 Å². The molecule has 0 fully saturated rings. The monoisotopic (exact) mass is 257 g/mol. The lowest BCUT2D eigenvalue weighted by Gasteiger charge is -2.03. The average Bonchev–Trinajstić information content (AvgIpc) is 2.82. The molecular weight excluding hydrogens is 246 g/mol. The van der Waals surface area contributed by atoms with E-state index in [1.807, 2.05) is 54.6 Å². The van der Waals surface area contributed by atoms with Gasteiger partial charge in [-0.2, -0.15) is 0 Å². The summed E-state index contributed by atoms with van der Waals surface area (Å²) in [6, 6.07) is 17.6. The third-order valence-corrected chi connectivity index (χ3v) is 3.13. The van der Waals surface area contributed by atoms with Crippen LogP contribution in [0.25, 0.3) is 10.9 Å². The zero-order valence-corrected chi connectivity index (χ0v) is 10.4. The van der Waals surface area contributed by atoms with Crippen molar-refractivity contribution < 1.29 is 4.74 Å². The number of nitrogens with one attached hydrogen (secondary N) is 1. The minimum atomic E-state index is 0.509. The van der Waals surface area contributed by atoms with Gasteiger partial charge in [0.1, 0.15) is 12.4 Å². The Morgan fingerprint density at radius 2 is 1.83 bits per heavy atom. The van der Waals surface area contributed by atoms with Gasteiger partial charge >= 0.3 is 0 Å². The molecule has 0 radical (unpaired) electrons. The molecule has 2 aromatic carbocycles. The Bertz CT molecular complexity index is 661. The Morgan fingerprint density at radius 1 is 1.00 bits per heavy atom. The summed E-state index contributed by atoms with van der Waals surface area (Å²) in [6.07, 6.45) is 0. The fourth-order valence-electron chi connectivity index (χ4n) is 1.93. The Morgan fingerprint density at radius 3 is 2.61 bits per heavy atom. The molecule has 18 heavy (non-hydrogen) atoms. The summed E-state index contributed by atoms with van der Waals surface area (Å²) in [6.45, 7) is 0.509. The first-order valence-electron chi connectivity index (χ1n) is 5.77. The lowest BCUT2D eigenvalue weighted by molar-refractivity contribution is 0.302. The molecule has 0 bridgehead atoms. The number of rotatable bonds is 3. The van der Waals surface area contributed by atoms with Gasteiger partial charge in [0.2, 0.25) is 0 Å². The molecule has 0 saturated carbocycles. The van der Waals surface area contributed by atoms with E-state index in [1.54, 1.807) is 0 Å². The lowest BCUT2D eigenvalue weighted by atomic mass is 10.2. The van der Waals surface area contributed by atoms with Crippen LogP contribution in [0.2, 0.25) is 5.02 Å². The molecule has 0 amide bonds. The summed E-state index contributed by atoms with van der Waals surface area (Å²) in [5.74, 6) is 0.863. The van der Waals surface area contributed by atoms with Crippen LogP contribution in [-0.4, -0.2) is 4.98 Å². The fourth-order valence-corrected chi connectivity index (χ4v) is 2.16. The van der Waals surface area contributed by atoms with E-state index < -0.39 is 0 Å². The average molecular weight is 258 g/mol. The van der Waals surface area contributed by atoms with Gasteiger partial charge in [0.15, 0.2) is 0 Å². The summed E-state index contributed by atoms with van der Waals surface area (Å²) < 4.78 is 5.69. The molecule has 3 heteroatoms. The standard InChI is InChI=1S/C15H12ClNO/c16-14-7-4-8-15-13(14)9-11(17-15)10-18-12-5-2-1-3-6-12/h1-9,17H,10H2. The number of para-hydroxylation sites is 1. The van der Waals surface area contributed by atoms with Crippen LogP contribution < -0.4 is 4.74 Å². The third-order valence-electron chi connectivity index (χ3n) is 2.80. The molecule has 0 saturated heterocycles. The summed E-state index contributed by atoms with van der Waals surface area (Å²) in [7, 11) is 0. The number of hydrogen-bond acceptors (Lipinski definition) is 1. The second-order valence-corrected chi connectivity index (χ2v) is 4.50. The minimum absolute atomic E-state index is 0.509. The van der Waals surface area contributed by atoms with Gasteiger partial charge in [0.25, 0.3) is 0 Å². The van der Waals surface area contributed by atoms with Crippen molar-refractivity contribution in [1.29, 1.82) is 0 Å². The molecule has 3 rings (SSSR count). The SMILES string of the molecule is Clc1cccc2[nH]c(COc3ccccc3)cc12. The fraction of sp³-hybridized carbons (Fsp3) is 0.0667. The van der Waals surface area contributed by atoms with Crippen LogP contribution in [0.4, 0.5) is 0 Å². The highest BCUT2D eigenvalue weighted by Gasteiger charge is 2.04. The first-order valence-corrected chi connectivity index (χ1v) is 6.15. The minimum Gasteiger partial charge on any atom is -0.487 e. The molecule has 0 atom stereocenters. The van der Waals surface area contributed by atoms with E-state index in [9.17, 15) is 0 Å². The van der Waals surface area contributed by atoms with Crippen molar-refractivity contribution in [3.63, 3.8) is 0 Å². The molecule has 1 aromatic heterocycles. The van der Waals surface area contributed by atoms with E-state index in [0.29, 0.717) is 6.61 Å². The Hall–Kier alpha value is -1.93. The number of benzene rings is 2. The zero-order chi connectivity index (χ0) is 12.4.